The average Bonchev–Trinajstić information content (AvgIpc) is 2.72. The van der Waals surface area contributed by atoms with Gasteiger partial charge in [0.05, 0.1) is 25.0 Å². The molecule has 0 unspecified atom stereocenters. The van der Waals surface area contributed by atoms with E-state index in [1.807, 2.05) is 0 Å². The van der Waals surface area contributed by atoms with Crippen molar-refractivity contribution >= 4 is 45.0 Å². The molecule has 0 radical (unpaired) electrons. The lowest BCUT2D eigenvalue weighted by atomic mass is 10.1. The zero-order chi connectivity index (χ0) is 16.3. The first-order chi connectivity index (χ1) is 10.5. The fourth-order valence-electron chi connectivity index (χ4n) is 2.12. The van der Waals surface area contributed by atoms with Gasteiger partial charge in [-0.2, -0.15) is 0 Å². The number of carbonyl (C=O) groups is 3. The maximum absolute atomic E-state index is 12.5. The molecule has 1 aliphatic rings. The quantitative estimate of drug-likeness (QED) is 0.600. The number of nitrogens with zero attached hydrogens (tertiary/aromatic N) is 1. The second kappa shape index (κ2) is 6.74. The normalized spacial score (nSPS) is 15.0. The highest BCUT2D eigenvalue weighted by atomic mass is 79.9. The molecule has 0 saturated carbocycles. The van der Waals surface area contributed by atoms with Gasteiger partial charge in [0.15, 0.2) is 0 Å². The van der Waals surface area contributed by atoms with E-state index >= 15 is 0 Å². The molecule has 0 aromatic heterocycles. The summed E-state index contributed by atoms with van der Waals surface area (Å²) in [5, 5.41) is 0. The first-order valence-corrected chi connectivity index (χ1v) is 7.34. The van der Waals surface area contributed by atoms with E-state index in [-0.39, 0.29) is 18.7 Å². The zero-order valence-electron chi connectivity index (χ0n) is 12.1. The maximum atomic E-state index is 12.5. The minimum Gasteiger partial charge on any atom is -0.468 e. The van der Waals surface area contributed by atoms with Crippen LogP contribution in [0.3, 0.4) is 0 Å². The van der Waals surface area contributed by atoms with Crippen LogP contribution < -0.4 is 4.90 Å². The standard InChI is InChI=1S/C15H14BrNO5/c1-3-22-13(18)7-11-10-6-9(16)4-5-12(10)17(15(11)20)8-14(19)21-2/h4-7H,3,8H2,1-2H3/b11-7+. The van der Waals surface area contributed by atoms with Crippen molar-refractivity contribution in [3.05, 3.63) is 34.3 Å². The summed E-state index contributed by atoms with van der Waals surface area (Å²) in [7, 11) is 1.25. The van der Waals surface area contributed by atoms with E-state index in [1.165, 1.54) is 12.0 Å². The Kier molecular flexibility index (Phi) is 4.97. The zero-order valence-corrected chi connectivity index (χ0v) is 13.7. The third kappa shape index (κ3) is 3.19. The predicted molar refractivity (Wildman–Crippen MR) is 83.1 cm³/mol. The molecule has 0 spiro atoms. The molecule has 0 fully saturated rings. The molecule has 0 aliphatic carbocycles. The highest BCUT2D eigenvalue weighted by molar-refractivity contribution is 9.10. The van der Waals surface area contributed by atoms with Crippen molar-refractivity contribution in [2.75, 3.05) is 25.2 Å². The lowest BCUT2D eigenvalue weighted by Gasteiger charge is -2.15. The van der Waals surface area contributed by atoms with Gasteiger partial charge in [0.1, 0.15) is 6.54 Å². The van der Waals surface area contributed by atoms with Crippen LogP contribution in [0.4, 0.5) is 5.69 Å². The van der Waals surface area contributed by atoms with Crippen LogP contribution >= 0.6 is 15.9 Å². The molecule has 116 valence electrons. The molecule has 1 aromatic carbocycles. The number of amides is 1. The largest absolute Gasteiger partial charge is 0.468 e. The summed E-state index contributed by atoms with van der Waals surface area (Å²) >= 11 is 3.33. The molecule has 1 aliphatic heterocycles. The number of halogens is 1. The van der Waals surface area contributed by atoms with Gasteiger partial charge >= 0.3 is 11.9 Å². The monoisotopic (exact) mass is 367 g/mol. The number of rotatable bonds is 4. The van der Waals surface area contributed by atoms with Crippen LogP contribution in [-0.2, 0) is 23.9 Å². The Balaban J connectivity index is 2.45. The molecule has 1 heterocycles. The SMILES string of the molecule is CCOC(=O)/C=C1/C(=O)N(CC(=O)OC)c2ccc(Br)cc21. The Hall–Kier alpha value is -2.15. The molecule has 0 saturated heterocycles. The van der Waals surface area contributed by atoms with Crippen molar-refractivity contribution in [2.45, 2.75) is 6.92 Å². The number of ether oxygens (including phenoxy) is 2. The van der Waals surface area contributed by atoms with Gasteiger partial charge in [-0.15, -0.1) is 0 Å². The van der Waals surface area contributed by atoms with Crippen LogP contribution in [0.2, 0.25) is 0 Å². The molecule has 6 nitrogen and oxygen atoms in total. The maximum Gasteiger partial charge on any atom is 0.331 e. The molecule has 1 aromatic rings. The molecule has 0 bridgehead atoms. The van der Waals surface area contributed by atoms with E-state index in [9.17, 15) is 14.4 Å². The second-order valence-electron chi connectivity index (χ2n) is 4.44. The van der Waals surface area contributed by atoms with Crippen molar-refractivity contribution in [3.8, 4) is 0 Å². The number of hydrogen-bond acceptors (Lipinski definition) is 5. The molecule has 0 N–H and O–H groups in total. The van der Waals surface area contributed by atoms with E-state index in [0.29, 0.717) is 11.3 Å². The lowest BCUT2D eigenvalue weighted by molar-refractivity contribution is -0.139. The number of benzene rings is 1. The van der Waals surface area contributed by atoms with Crippen molar-refractivity contribution in [2.24, 2.45) is 0 Å². The van der Waals surface area contributed by atoms with E-state index in [1.54, 1.807) is 25.1 Å². The topological polar surface area (TPSA) is 72.9 Å². The number of hydrogen-bond donors (Lipinski definition) is 0. The Morgan fingerprint density at radius 1 is 1.36 bits per heavy atom. The summed E-state index contributed by atoms with van der Waals surface area (Å²) in [6.45, 7) is 1.68. The number of anilines is 1. The van der Waals surface area contributed by atoms with Gasteiger partial charge in [0, 0.05) is 16.1 Å². The summed E-state index contributed by atoms with van der Waals surface area (Å²) in [5.74, 6) is -1.58. The van der Waals surface area contributed by atoms with E-state index in [4.69, 9.17) is 4.74 Å². The van der Waals surface area contributed by atoms with Crippen LogP contribution in [0.1, 0.15) is 12.5 Å². The van der Waals surface area contributed by atoms with Crippen molar-refractivity contribution < 1.29 is 23.9 Å². The number of fused-ring (bicyclic) bond motifs is 1. The van der Waals surface area contributed by atoms with Gasteiger partial charge in [-0.25, -0.2) is 4.79 Å². The summed E-state index contributed by atoms with van der Waals surface area (Å²) in [6.07, 6.45) is 1.15. The average molecular weight is 368 g/mol. The summed E-state index contributed by atoms with van der Waals surface area (Å²) in [4.78, 5) is 36.9. The van der Waals surface area contributed by atoms with Gasteiger partial charge in [0.25, 0.3) is 5.91 Å². The number of methoxy groups -OCH3 is 1. The minimum atomic E-state index is -0.600. The van der Waals surface area contributed by atoms with Crippen LogP contribution in [-0.4, -0.2) is 38.1 Å². The summed E-state index contributed by atoms with van der Waals surface area (Å²) in [5.41, 5.74) is 1.31. The number of esters is 2. The highest BCUT2D eigenvalue weighted by Gasteiger charge is 2.34. The Bertz CT molecular complexity index is 668. The van der Waals surface area contributed by atoms with Crippen molar-refractivity contribution in [1.82, 2.24) is 0 Å². The molecule has 1 amide bonds. The smallest absolute Gasteiger partial charge is 0.331 e. The predicted octanol–water partition coefficient (Wildman–Crippen LogP) is 1.92. The Morgan fingerprint density at radius 2 is 2.09 bits per heavy atom. The third-order valence-corrected chi connectivity index (χ3v) is 3.57. The van der Waals surface area contributed by atoms with Crippen LogP contribution in [0.5, 0.6) is 0 Å². The lowest BCUT2D eigenvalue weighted by Crippen LogP contribution is -2.33. The van der Waals surface area contributed by atoms with Gasteiger partial charge < -0.3 is 9.47 Å². The Morgan fingerprint density at radius 3 is 2.73 bits per heavy atom. The molecule has 7 heteroatoms. The van der Waals surface area contributed by atoms with Crippen LogP contribution in [0.15, 0.2) is 28.7 Å². The van der Waals surface area contributed by atoms with E-state index in [0.717, 1.165) is 10.5 Å². The summed E-state index contributed by atoms with van der Waals surface area (Å²) in [6, 6.07) is 5.17. The summed E-state index contributed by atoms with van der Waals surface area (Å²) < 4.78 is 10.2. The first-order valence-electron chi connectivity index (χ1n) is 6.55. The van der Waals surface area contributed by atoms with Crippen molar-refractivity contribution in [1.29, 1.82) is 0 Å². The number of carbonyl (C=O) groups excluding carboxylic acids is 3. The third-order valence-electron chi connectivity index (χ3n) is 3.08. The van der Waals surface area contributed by atoms with Crippen LogP contribution in [0, 0.1) is 0 Å². The van der Waals surface area contributed by atoms with E-state index < -0.39 is 17.8 Å². The first kappa shape index (κ1) is 16.2. The second-order valence-corrected chi connectivity index (χ2v) is 5.35. The fourth-order valence-corrected chi connectivity index (χ4v) is 2.48. The Labute approximate surface area is 135 Å². The molecular formula is C15H14BrNO5. The van der Waals surface area contributed by atoms with E-state index in [2.05, 4.69) is 20.7 Å². The molecule has 22 heavy (non-hydrogen) atoms. The molecule has 2 rings (SSSR count). The van der Waals surface area contributed by atoms with Gasteiger partial charge in [0.2, 0.25) is 0 Å². The van der Waals surface area contributed by atoms with Gasteiger partial charge in [-0.3, -0.25) is 14.5 Å². The minimum absolute atomic E-state index is 0.193. The highest BCUT2D eigenvalue weighted by Crippen LogP contribution is 2.38. The van der Waals surface area contributed by atoms with Crippen LogP contribution in [0.25, 0.3) is 5.57 Å². The van der Waals surface area contributed by atoms with Gasteiger partial charge in [-0.1, -0.05) is 15.9 Å². The molecular weight excluding hydrogens is 354 g/mol. The van der Waals surface area contributed by atoms with Gasteiger partial charge in [-0.05, 0) is 25.1 Å². The van der Waals surface area contributed by atoms with Crippen molar-refractivity contribution in [3.63, 3.8) is 0 Å². The molecule has 0 atom stereocenters. The fraction of sp³-hybridized carbons (Fsp3) is 0.267.